The average Bonchev–Trinajstić information content (AvgIpc) is 3.16. The van der Waals surface area contributed by atoms with Crippen LogP contribution in [0.2, 0.25) is 0 Å². The maximum absolute atomic E-state index is 12.5. The number of thioether (sulfide) groups is 1. The van der Waals surface area contributed by atoms with Gasteiger partial charge < -0.3 is 30.3 Å². The molecule has 250 valence electrons. The molecule has 6 rings (SSSR count). The van der Waals surface area contributed by atoms with Crippen molar-refractivity contribution in [1.29, 1.82) is 0 Å². The normalized spacial score (nSPS) is 17.3. The summed E-state index contributed by atoms with van der Waals surface area (Å²) >= 11 is 1.35. The molecule has 3 atom stereocenters. The van der Waals surface area contributed by atoms with Gasteiger partial charge in [-0.15, -0.1) is 11.8 Å². The second-order valence-corrected chi connectivity index (χ2v) is 12.6. The third-order valence-electron chi connectivity index (χ3n) is 8.27. The lowest BCUT2D eigenvalue weighted by Crippen LogP contribution is -2.34. The monoisotopic (exact) mass is 675 g/mol. The fourth-order valence-corrected chi connectivity index (χ4v) is 6.66. The summed E-state index contributed by atoms with van der Waals surface area (Å²) < 4.78 is 13.0. The van der Waals surface area contributed by atoms with Crippen molar-refractivity contribution in [2.24, 2.45) is 0 Å². The van der Waals surface area contributed by atoms with Gasteiger partial charge in [-0.2, -0.15) is 0 Å². The number of hydrogen-bond donors (Lipinski definition) is 4. The molecular formula is C39H37N3O6S. The van der Waals surface area contributed by atoms with Crippen LogP contribution in [0.5, 0.6) is 0 Å². The van der Waals surface area contributed by atoms with Crippen LogP contribution in [0.15, 0.2) is 126 Å². The molecule has 5 aromatic rings. The van der Waals surface area contributed by atoms with E-state index in [1.54, 1.807) is 18.3 Å². The lowest BCUT2D eigenvalue weighted by atomic mass is 9.98. The summed E-state index contributed by atoms with van der Waals surface area (Å²) in [5, 5.41) is 25.5. The summed E-state index contributed by atoms with van der Waals surface area (Å²) in [6.45, 7) is 0.769. The van der Waals surface area contributed by atoms with Gasteiger partial charge in [0, 0.05) is 37.0 Å². The molecule has 0 aliphatic carbocycles. The Morgan fingerprint density at radius 1 is 0.776 bits per heavy atom. The van der Waals surface area contributed by atoms with Crippen LogP contribution in [-0.2, 0) is 29.2 Å². The third kappa shape index (κ3) is 8.92. The predicted molar refractivity (Wildman–Crippen MR) is 188 cm³/mol. The smallest absolute Gasteiger partial charge is 0.338 e. The van der Waals surface area contributed by atoms with Gasteiger partial charge in [0.25, 0.3) is 0 Å². The molecule has 0 saturated carbocycles. The van der Waals surface area contributed by atoms with Crippen LogP contribution in [0, 0.1) is 0 Å². The van der Waals surface area contributed by atoms with Gasteiger partial charge in [-0.05, 0) is 45.5 Å². The first-order valence-corrected chi connectivity index (χ1v) is 17.0. The summed E-state index contributed by atoms with van der Waals surface area (Å²) in [6.07, 6.45) is 0.955. The van der Waals surface area contributed by atoms with Crippen molar-refractivity contribution >= 4 is 23.8 Å². The zero-order chi connectivity index (χ0) is 34.0. The maximum Gasteiger partial charge on any atom is 0.338 e. The number of aromatic nitrogens is 1. The number of aliphatic hydroxyl groups excluding tert-OH is 1. The van der Waals surface area contributed by atoms with E-state index in [1.165, 1.54) is 11.8 Å². The highest BCUT2D eigenvalue weighted by atomic mass is 32.2. The molecule has 1 aromatic heterocycles. The number of pyridine rings is 1. The molecule has 0 radical (unpaired) electrons. The molecule has 1 saturated heterocycles. The number of carboxylic acid groups (broad SMARTS) is 1. The number of ether oxygens (including phenoxy) is 2. The quantitative estimate of drug-likeness (QED) is 0.102. The largest absolute Gasteiger partial charge is 0.478 e. The number of carbonyl (C=O) groups excluding carboxylic acids is 1. The molecule has 1 aliphatic rings. The van der Waals surface area contributed by atoms with E-state index in [2.05, 4.69) is 15.6 Å². The second-order valence-electron chi connectivity index (χ2n) is 11.6. The molecule has 2 amide bonds. The van der Waals surface area contributed by atoms with Gasteiger partial charge in [-0.1, -0.05) is 103 Å². The molecule has 1 aliphatic heterocycles. The van der Waals surface area contributed by atoms with Gasteiger partial charge in [0.05, 0.1) is 24.4 Å². The molecule has 2 heterocycles. The first-order valence-electron chi connectivity index (χ1n) is 16.0. The van der Waals surface area contributed by atoms with E-state index >= 15 is 0 Å². The minimum atomic E-state index is -1.02. The number of aliphatic hydroxyl groups is 1. The Hall–Kier alpha value is -5.00. The van der Waals surface area contributed by atoms with E-state index in [4.69, 9.17) is 9.47 Å². The van der Waals surface area contributed by atoms with E-state index < -0.39 is 12.3 Å². The molecule has 4 aromatic carbocycles. The molecular weight excluding hydrogens is 639 g/mol. The number of hydrogen-bond acceptors (Lipinski definition) is 7. The number of aromatic carboxylic acids is 1. The number of rotatable bonds is 12. The minimum Gasteiger partial charge on any atom is -0.478 e. The Kier molecular flexibility index (Phi) is 11.3. The maximum atomic E-state index is 12.5. The van der Waals surface area contributed by atoms with Crippen LogP contribution in [0.4, 0.5) is 4.79 Å². The van der Waals surface area contributed by atoms with Crippen molar-refractivity contribution in [2.75, 3.05) is 5.75 Å². The zero-order valence-electron chi connectivity index (χ0n) is 26.7. The number of nitrogens with zero attached hydrogens (tertiary/aromatic N) is 1. The molecule has 49 heavy (non-hydrogen) atoms. The van der Waals surface area contributed by atoms with Crippen molar-refractivity contribution < 1.29 is 29.3 Å². The average molecular weight is 676 g/mol. The highest BCUT2D eigenvalue weighted by molar-refractivity contribution is 7.99. The SMILES string of the molecule is O=C(NCc1ccccc1)NCc1ccccc1-c1ccc(C2OC(CSc3ncccc3C(=O)O)CC(c3ccc(CO)cc3)O2)cc1. The Morgan fingerprint density at radius 2 is 1.49 bits per heavy atom. The molecule has 10 heteroatoms. The van der Waals surface area contributed by atoms with Gasteiger partial charge in [0.2, 0.25) is 0 Å². The van der Waals surface area contributed by atoms with Crippen molar-refractivity contribution in [3.63, 3.8) is 0 Å². The minimum absolute atomic E-state index is 0.0419. The van der Waals surface area contributed by atoms with Gasteiger partial charge in [0.1, 0.15) is 5.03 Å². The highest BCUT2D eigenvalue weighted by Gasteiger charge is 2.32. The fraction of sp³-hybridized carbons (Fsp3) is 0.205. The van der Waals surface area contributed by atoms with E-state index in [-0.39, 0.29) is 30.4 Å². The zero-order valence-corrected chi connectivity index (χ0v) is 27.5. The van der Waals surface area contributed by atoms with E-state index in [9.17, 15) is 19.8 Å². The second kappa shape index (κ2) is 16.4. The number of carboxylic acids is 1. The Bertz CT molecular complexity index is 1850. The van der Waals surface area contributed by atoms with Crippen LogP contribution in [-0.4, -0.2) is 39.1 Å². The van der Waals surface area contributed by atoms with Crippen molar-refractivity contribution in [3.8, 4) is 11.1 Å². The molecule has 0 bridgehead atoms. The van der Waals surface area contributed by atoms with Crippen LogP contribution < -0.4 is 10.6 Å². The summed E-state index contributed by atoms with van der Waals surface area (Å²) in [4.78, 5) is 28.6. The lowest BCUT2D eigenvalue weighted by molar-refractivity contribution is -0.245. The Morgan fingerprint density at radius 3 is 2.24 bits per heavy atom. The summed E-state index contributed by atoms with van der Waals surface area (Å²) in [5.74, 6) is -0.535. The van der Waals surface area contributed by atoms with E-state index in [0.29, 0.717) is 30.3 Å². The van der Waals surface area contributed by atoms with Crippen molar-refractivity contribution in [2.45, 2.75) is 49.6 Å². The number of urea groups is 1. The van der Waals surface area contributed by atoms with Gasteiger partial charge in [-0.3, -0.25) is 0 Å². The first kappa shape index (κ1) is 33.9. The number of nitrogens with one attached hydrogen (secondary N) is 2. The van der Waals surface area contributed by atoms with Crippen LogP contribution >= 0.6 is 11.8 Å². The summed E-state index contributed by atoms with van der Waals surface area (Å²) in [7, 11) is 0. The molecule has 4 N–H and O–H groups in total. The highest BCUT2D eigenvalue weighted by Crippen LogP contribution is 2.40. The first-order chi connectivity index (χ1) is 24.0. The predicted octanol–water partition coefficient (Wildman–Crippen LogP) is 7.28. The van der Waals surface area contributed by atoms with Crippen LogP contribution in [0.3, 0.4) is 0 Å². The van der Waals surface area contributed by atoms with Gasteiger partial charge >= 0.3 is 12.0 Å². The van der Waals surface area contributed by atoms with E-state index in [1.807, 2.05) is 103 Å². The van der Waals surface area contributed by atoms with Crippen molar-refractivity contribution in [1.82, 2.24) is 15.6 Å². The third-order valence-corrected chi connectivity index (χ3v) is 9.41. The number of carbonyl (C=O) groups is 2. The fourth-order valence-electron chi connectivity index (χ4n) is 5.66. The van der Waals surface area contributed by atoms with Crippen LogP contribution in [0.1, 0.15) is 57.0 Å². The summed E-state index contributed by atoms with van der Waals surface area (Å²) in [6, 6.07) is 36.3. The molecule has 9 nitrogen and oxygen atoms in total. The molecule has 0 spiro atoms. The summed E-state index contributed by atoms with van der Waals surface area (Å²) in [5.41, 5.74) is 6.78. The lowest BCUT2D eigenvalue weighted by Gasteiger charge is -2.36. The Labute approximate surface area is 289 Å². The number of amides is 2. The number of benzene rings is 4. The van der Waals surface area contributed by atoms with E-state index in [0.717, 1.165) is 38.9 Å². The topological polar surface area (TPSA) is 130 Å². The molecule has 1 fully saturated rings. The van der Waals surface area contributed by atoms with Gasteiger partial charge in [-0.25, -0.2) is 14.6 Å². The van der Waals surface area contributed by atoms with Crippen LogP contribution in [0.25, 0.3) is 11.1 Å². The Balaban J connectivity index is 1.16. The molecule has 3 unspecified atom stereocenters. The van der Waals surface area contributed by atoms with Crippen molar-refractivity contribution in [3.05, 3.63) is 155 Å². The van der Waals surface area contributed by atoms with Gasteiger partial charge in [0.15, 0.2) is 6.29 Å². The standard InChI is InChI=1S/C39H37N3O6S/c43-24-27-12-14-29(15-13-27)35-21-32(25-49-36-34(37(44)45)11-6-20-40-36)47-38(48-35)30-18-16-28(17-19-30)33-10-5-4-9-31(33)23-42-39(46)41-22-26-7-2-1-3-8-26/h1-20,32,35,38,43H,21-25H2,(H,44,45)(H2,41,42,46).